The lowest BCUT2D eigenvalue weighted by Crippen LogP contribution is -2.09. The molecule has 2 nitrogen and oxygen atoms in total. The number of ether oxygens (including phenoxy) is 1. The highest BCUT2D eigenvalue weighted by atomic mass is 19.1. The Morgan fingerprint density at radius 1 is 0.913 bits per heavy atom. The summed E-state index contributed by atoms with van der Waals surface area (Å²) in [6.45, 7) is 2.47. The van der Waals surface area contributed by atoms with Gasteiger partial charge in [-0.1, -0.05) is 64.7 Å². The number of esters is 1. The Morgan fingerprint density at radius 2 is 1.48 bits per heavy atom. The predicted molar refractivity (Wildman–Crippen MR) is 88.5 cm³/mol. The van der Waals surface area contributed by atoms with Gasteiger partial charge in [0, 0.05) is 0 Å². The van der Waals surface area contributed by atoms with Crippen molar-refractivity contribution in [2.75, 3.05) is 6.61 Å². The number of halogens is 2. The number of carbonyl (C=O) groups is 1. The number of rotatable bonds is 12. The molecule has 23 heavy (non-hydrogen) atoms. The molecule has 0 saturated heterocycles. The maximum Gasteiger partial charge on any atom is 0.341 e. The number of hydrogen-bond donors (Lipinski definition) is 0. The van der Waals surface area contributed by atoms with Crippen LogP contribution in [0.3, 0.4) is 0 Å². The third-order valence-electron chi connectivity index (χ3n) is 3.88. The molecule has 0 atom stereocenters. The Balaban J connectivity index is 2.02. The van der Waals surface area contributed by atoms with E-state index in [1.807, 2.05) is 0 Å². The van der Waals surface area contributed by atoms with Crippen LogP contribution in [0.2, 0.25) is 0 Å². The molecule has 130 valence electrons. The fourth-order valence-electron chi connectivity index (χ4n) is 2.49. The van der Waals surface area contributed by atoms with Crippen LogP contribution in [0.5, 0.6) is 0 Å². The average Bonchev–Trinajstić information content (AvgIpc) is 2.54. The van der Waals surface area contributed by atoms with Gasteiger partial charge in [-0.25, -0.2) is 13.6 Å². The standard InChI is InChI=1S/C19H28F2O2/c1-2-3-4-5-6-7-8-9-10-11-14-23-19(22)17-15-16(20)12-13-18(17)21/h12-13,15H,2-11,14H2,1H3. The summed E-state index contributed by atoms with van der Waals surface area (Å²) in [6, 6.07) is 2.79. The maximum atomic E-state index is 13.4. The SMILES string of the molecule is CCCCCCCCCCCCOC(=O)c1cc(F)ccc1F. The summed E-state index contributed by atoms with van der Waals surface area (Å²) in [4.78, 5) is 11.6. The van der Waals surface area contributed by atoms with Crippen molar-refractivity contribution in [1.82, 2.24) is 0 Å². The van der Waals surface area contributed by atoms with Gasteiger partial charge >= 0.3 is 5.97 Å². The third kappa shape index (κ3) is 8.68. The largest absolute Gasteiger partial charge is 0.462 e. The van der Waals surface area contributed by atoms with Crippen molar-refractivity contribution in [3.63, 3.8) is 0 Å². The third-order valence-corrected chi connectivity index (χ3v) is 3.88. The van der Waals surface area contributed by atoms with Gasteiger partial charge in [-0.2, -0.15) is 0 Å². The summed E-state index contributed by atoms with van der Waals surface area (Å²) >= 11 is 0. The van der Waals surface area contributed by atoms with Crippen LogP contribution in [0.15, 0.2) is 18.2 Å². The van der Waals surface area contributed by atoms with Gasteiger partial charge in [0.2, 0.25) is 0 Å². The molecule has 4 heteroatoms. The van der Waals surface area contributed by atoms with Gasteiger partial charge in [-0.05, 0) is 24.6 Å². The van der Waals surface area contributed by atoms with Crippen molar-refractivity contribution in [2.24, 2.45) is 0 Å². The normalized spacial score (nSPS) is 10.7. The molecule has 0 aliphatic carbocycles. The fraction of sp³-hybridized carbons (Fsp3) is 0.632. The van der Waals surface area contributed by atoms with E-state index < -0.39 is 17.6 Å². The smallest absolute Gasteiger partial charge is 0.341 e. The number of unbranched alkanes of at least 4 members (excludes halogenated alkanes) is 9. The Labute approximate surface area is 138 Å². The monoisotopic (exact) mass is 326 g/mol. The van der Waals surface area contributed by atoms with Crippen LogP contribution < -0.4 is 0 Å². The van der Waals surface area contributed by atoms with E-state index in [9.17, 15) is 13.6 Å². The fourth-order valence-corrected chi connectivity index (χ4v) is 2.49. The van der Waals surface area contributed by atoms with Gasteiger partial charge in [0.1, 0.15) is 11.6 Å². The van der Waals surface area contributed by atoms with Crippen LogP contribution in [-0.4, -0.2) is 12.6 Å². The maximum absolute atomic E-state index is 13.4. The zero-order chi connectivity index (χ0) is 16.9. The molecule has 0 radical (unpaired) electrons. The van der Waals surface area contributed by atoms with Gasteiger partial charge in [-0.3, -0.25) is 0 Å². The van der Waals surface area contributed by atoms with Crippen LogP contribution in [0.1, 0.15) is 81.5 Å². The van der Waals surface area contributed by atoms with Crippen molar-refractivity contribution < 1.29 is 18.3 Å². The first kappa shape index (κ1) is 19.6. The van der Waals surface area contributed by atoms with Gasteiger partial charge in [0.25, 0.3) is 0 Å². The minimum atomic E-state index is -0.794. The topological polar surface area (TPSA) is 26.3 Å². The van der Waals surface area contributed by atoms with Crippen molar-refractivity contribution in [1.29, 1.82) is 0 Å². The van der Waals surface area contributed by atoms with Crippen LogP contribution >= 0.6 is 0 Å². The highest BCUT2D eigenvalue weighted by Crippen LogP contribution is 2.13. The zero-order valence-corrected chi connectivity index (χ0v) is 14.1. The molecule has 0 saturated carbocycles. The lowest BCUT2D eigenvalue weighted by atomic mass is 10.1. The van der Waals surface area contributed by atoms with E-state index in [1.54, 1.807) is 0 Å². The first-order valence-electron chi connectivity index (χ1n) is 8.77. The molecule has 0 heterocycles. The second kappa shape index (κ2) is 12.0. The molecule has 0 aliphatic rings. The second-order valence-electron chi connectivity index (χ2n) is 5.94. The second-order valence-corrected chi connectivity index (χ2v) is 5.94. The molecule has 0 bridgehead atoms. The first-order chi connectivity index (χ1) is 11.1. The molecule has 0 spiro atoms. The molecule has 1 aromatic rings. The Bertz CT molecular complexity index is 461. The van der Waals surface area contributed by atoms with E-state index in [2.05, 4.69) is 6.92 Å². The highest BCUT2D eigenvalue weighted by molar-refractivity contribution is 5.89. The lowest BCUT2D eigenvalue weighted by Gasteiger charge is -2.06. The predicted octanol–water partition coefficient (Wildman–Crippen LogP) is 6.04. The minimum absolute atomic E-state index is 0.255. The molecular weight excluding hydrogens is 298 g/mol. The van der Waals surface area contributed by atoms with E-state index >= 15 is 0 Å². The Hall–Kier alpha value is -1.45. The Morgan fingerprint density at radius 3 is 2.09 bits per heavy atom. The average molecular weight is 326 g/mol. The quantitative estimate of drug-likeness (QED) is 0.345. The summed E-state index contributed by atoms with van der Waals surface area (Å²) in [6.07, 6.45) is 11.9. The lowest BCUT2D eigenvalue weighted by molar-refractivity contribution is 0.0491. The zero-order valence-electron chi connectivity index (χ0n) is 14.1. The highest BCUT2D eigenvalue weighted by Gasteiger charge is 2.13. The molecule has 0 unspecified atom stereocenters. The summed E-state index contributed by atoms with van der Waals surface area (Å²) in [5.41, 5.74) is -0.336. The minimum Gasteiger partial charge on any atom is -0.462 e. The van der Waals surface area contributed by atoms with Gasteiger partial charge < -0.3 is 4.74 Å². The van der Waals surface area contributed by atoms with E-state index in [0.717, 1.165) is 37.5 Å². The van der Waals surface area contributed by atoms with Gasteiger partial charge in [0.05, 0.1) is 12.2 Å². The van der Waals surface area contributed by atoms with Gasteiger partial charge in [0.15, 0.2) is 0 Å². The molecular formula is C19H28F2O2. The van der Waals surface area contributed by atoms with Crippen LogP contribution in [-0.2, 0) is 4.74 Å². The van der Waals surface area contributed by atoms with E-state index in [0.29, 0.717) is 0 Å². The molecule has 0 N–H and O–H groups in total. The molecule has 0 amide bonds. The van der Waals surface area contributed by atoms with Crippen molar-refractivity contribution in [3.05, 3.63) is 35.4 Å². The summed E-state index contributed by atoms with van der Waals surface area (Å²) in [5, 5.41) is 0. The number of hydrogen-bond acceptors (Lipinski definition) is 2. The van der Waals surface area contributed by atoms with E-state index in [-0.39, 0.29) is 12.2 Å². The molecule has 0 aromatic heterocycles. The van der Waals surface area contributed by atoms with Crippen LogP contribution in [0, 0.1) is 11.6 Å². The molecule has 1 aromatic carbocycles. The summed E-state index contributed by atoms with van der Waals surface area (Å²) in [7, 11) is 0. The number of carbonyl (C=O) groups excluding carboxylic acids is 1. The molecule has 0 fully saturated rings. The van der Waals surface area contributed by atoms with Crippen LogP contribution in [0.25, 0.3) is 0 Å². The van der Waals surface area contributed by atoms with Crippen LogP contribution in [0.4, 0.5) is 8.78 Å². The first-order valence-corrected chi connectivity index (χ1v) is 8.77. The van der Waals surface area contributed by atoms with Crippen molar-refractivity contribution >= 4 is 5.97 Å². The van der Waals surface area contributed by atoms with Crippen molar-refractivity contribution in [2.45, 2.75) is 71.1 Å². The molecule has 0 aliphatic heterocycles. The van der Waals surface area contributed by atoms with Crippen molar-refractivity contribution in [3.8, 4) is 0 Å². The Kier molecular flexibility index (Phi) is 10.3. The van der Waals surface area contributed by atoms with E-state index in [4.69, 9.17) is 4.74 Å². The van der Waals surface area contributed by atoms with Gasteiger partial charge in [-0.15, -0.1) is 0 Å². The molecule has 1 rings (SSSR count). The summed E-state index contributed by atoms with van der Waals surface area (Å²) in [5.74, 6) is -2.19. The summed E-state index contributed by atoms with van der Waals surface area (Å²) < 4.78 is 31.4. The number of benzene rings is 1. The van der Waals surface area contributed by atoms with E-state index in [1.165, 1.54) is 44.9 Å².